The molecular weight excluding hydrogens is 454 g/mol. The number of benzene rings is 2. The Bertz CT molecular complexity index is 1070. The second-order valence-corrected chi connectivity index (χ2v) is 7.72. The summed E-state index contributed by atoms with van der Waals surface area (Å²) in [6.45, 7) is 0. The van der Waals surface area contributed by atoms with Crippen molar-refractivity contribution in [2.75, 3.05) is 0 Å². The first-order valence-electron chi connectivity index (χ1n) is 6.64. The average molecular weight is 462 g/mol. The number of rotatable bonds is 6. The normalized spacial score (nSPS) is 11.0. The van der Waals surface area contributed by atoms with Gasteiger partial charge in [0.25, 0.3) is 20.2 Å². The molecule has 0 amide bonds. The molecule has 0 heterocycles. The first-order chi connectivity index (χ1) is 12.3. The van der Waals surface area contributed by atoms with Gasteiger partial charge >= 0.3 is 59.1 Å². The maximum Gasteiger partial charge on any atom is 1.00 e. The third-order valence-corrected chi connectivity index (χ3v) is 4.92. The molecular formula is C14H8Na2O11S2. The van der Waals surface area contributed by atoms with E-state index in [2.05, 4.69) is 0 Å². The molecule has 0 aliphatic carbocycles. The molecule has 11 nitrogen and oxygen atoms in total. The van der Waals surface area contributed by atoms with Crippen molar-refractivity contribution in [2.45, 2.75) is 9.79 Å². The summed E-state index contributed by atoms with van der Waals surface area (Å²) in [6.07, 6.45) is 0. The number of carbonyl (C=O) groups excluding carboxylic acids is 2. The van der Waals surface area contributed by atoms with Crippen molar-refractivity contribution < 1.29 is 110 Å². The molecule has 0 radical (unpaired) electrons. The van der Waals surface area contributed by atoms with E-state index in [9.17, 15) is 36.6 Å². The van der Waals surface area contributed by atoms with E-state index in [1.807, 2.05) is 0 Å². The number of aromatic carboxylic acids is 2. The van der Waals surface area contributed by atoms with Crippen molar-refractivity contribution in [1.29, 1.82) is 0 Å². The van der Waals surface area contributed by atoms with Gasteiger partial charge in [0.1, 0.15) is 21.3 Å². The summed E-state index contributed by atoms with van der Waals surface area (Å²) in [5.74, 6) is -4.48. The van der Waals surface area contributed by atoms with Crippen molar-refractivity contribution in [2.24, 2.45) is 0 Å². The molecule has 144 valence electrons. The van der Waals surface area contributed by atoms with E-state index in [1.165, 1.54) is 0 Å². The van der Waals surface area contributed by atoms with Crippen LogP contribution in [0.5, 0.6) is 11.5 Å². The Labute approximate surface area is 208 Å². The van der Waals surface area contributed by atoms with Crippen LogP contribution in [0, 0.1) is 0 Å². The predicted octanol–water partition coefficient (Wildman–Crippen LogP) is -7.29. The smallest absolute Gasteiger partial charge is 0.545 e. The van der Waals surface area contributed by atoms with Gasteiger partial charge in [-0.1, -0.05) is 0 Å². The van der Waals surface area contributed by atoms with Crippen LogP contribution in [0.4, 0.5) is 0 Å². The number of carbonyl (C=O) groups is 2. The van der Waals surface area contributed by atoms with E-state index in [-0.39, 0.29) is 70.6 Å². The van der Waals surface area contributed by atoms with Gasteiger partial charge in [-0.15, -0.1) is 0 Å². The molecule has 29 heavy (non-hydrogen) atoms. The standard InChI is InChI=1S/C14H10O11S2.2Na/c15-13(16)9-3-1-7(5-11(9)26(19,20)21)25-8-2-4-10(14(17)18)12(6-8)27(22,23)24;;/h1-6H,(H,15,16)(H,17,18)(H,19,20,21)(H,22,23,24);;/q;2*+1/p-2. The average Bonchev–Trinajstić information content (AvgIpc) is 2.52. The zero-order valence-electron chi connectivity index (χ0n) is 14.8. The first-order valence-corrected chi connectivity index (χ1v) is 9.52. The summed E-state index contributed by atoms with van der Waals surface area (Å²) in [4.78, 5) is 19.7. The molecule has 15 heteroatoms. The summed E-state index contributed by atoms with van der Waals surface area (Å²) in [7, 11) is -9.93. The second kappa shape index (κ2) is 10.3. The van der Waals surface area contributed by atoms with Gasteiger partial charge in [0.15, 0.2) is 0 Å². The number of hydrogen-bond acceptors (Lipinski definition) is 9. The van der Waals surface area contributed by atoms with Crippen LogP contribution in [-0.4, -0.2) is 37.9 Å². The molecule has 2 rings (SSSR count). The zero-order valence-corrected chi connectivity index (χ0v) is 20.5. The summed E-state index contributed by atoms with van der Waals surface area (Å²) in [6, 6.07) is 4.71. The first kappa shape index (κ1) is 28.0. The van der Waals surface area contributed by atoms with Crippen molar-refractivity contribution in [3.8, 4) is 11.5 Å². The van der Waals surface area contributed by atoms with Crippen molar-refractivity contribution in [3.05, 3.63) is 47.5 Å². The number of carboxylic acid groups (broad SMARTS) is 2. The van der Waals surface area contributed by atoms with Crippen LogP contribution in [0.15, 0.2) is 46.2 Å². The van der Waals surface area contributed by atoms with Crippen LogP contribution >= 0.6 is 0 Å². The van der Waals surface area contributed by atoms with Gasteiger partial charge in [0, 0.05) is 23.3 Å². The third kappa shape index (κ3) is 7.03. The summed E-state index contributed by atoms with van der Waals surface area (Å²) in [5.41, 5.74) is -1.70. The molecule has 2 aromatic carbocycles. The van der Waals surface area contributed by atoms with Crippen LogP contribution in [0.3, 0.4) is 0 Å². The molecule has 2 N–H and O–H groups in total. The number of ether oxygens (including phenoxy) is 1. The van der Waals surface area contributed by atoms with Crippen LogP contribution in [0.25, 0.3) is 0 Å². The molecule has 0 unspecified atom stereocenters. The maximum absolute atomic E-state index is 11.3. The molecule has 0 aliphatic rings. The van der Waals surface area contributed by atoms with Crippen LogP contribution in [0.2, 0.25) is 0 Å². The Hall–Kier alpha value is -1.00. The Morgan fingerprint density at radius 1 is 0.724 bits per heavy atom. The molecule has 0 spiro atoms. The van der Waals surface area contributed by atoms with Gasteiger partial charge in [-0.25, -0.2) is 0 Å². The van der Waals surface area contributed by atoms with Crippen LogP contribution in [-0.2, 0) is 20.2 Å². The summed E-state index contributed by atoms with van der Waals surface area (Å²) in [5, 5.41) is 21.8. The van der Waals surface area contributed by atoms with Gasteiger partial charge in [-0.05, 0) is 24.3 Å². The predicted molar refractivity (Wildman–Crippen MR) is 81.2 cm³/mol. The number of hydrogen-bond donors (Lipinski definition) is 2. The maximum atomic E-state index is 11.3. The Morgan fingerprint density at radius 2 is 1.03 bits per heavy atom. The fourth-order valence-corrected chi connectivity index (χ4v) is 3.42. The van der Waals surface area contributed by atoms with E-state index in [4.69, 9.17) is 13.8 Å². The second-order valence-electron chi connectivity index (χ2n) is 4.94. The molecule has 0 atom stereocenters. The van der Waals surface area contributed by atoms with Gasteiger partial charge in [0.05, 0.1) is 11.9 Å². The molecule has 0 saturated heterocycles. The molecule has 0 bridgehead atoms. The molecule has 0 fully saturated rings. The van der Waals surface area contributed by atoms with E-state index < -0.39 is 53.1 Å². The largest absolute Gasteiger partial charge is 1.00 e. The quantitative estimate of drug-likeness (QED) is 0.305. The van der Waals surface area contributed by atoms with Crippen molar-refractivity contribution in [1.82, 2.24) is 0 Å². The van der Waals surface area contributed by atoms with E-state index in [0.29, 0.717) is 12.1 Å². The fourth-order valence-electron chi connectivity index (χ4n) is 2.03. The minimum atomic E-state index is -4.97. The minimum absolute atomic E-state index is 0. The topological polar surface area (TPSA) is 198 Å². The monoisotopic (exact) mass is 462 g/mol. The van der Waals surface area contributed by atoms with E-state index in [0.717, 1.165) is 24.3 Å². The SMILES string of the molecule is O=C([O-])c1ccc(Oc2ccc(C(=O)[O-])c(S(=O)(=O)O)c2)cc1S(=O)(=O)O.[Na+].[Na+]. The minimum Gasteiger partial charge on any atom is -0.545 e. The van der Waals surface area contributed by atoms with E-state index in [1.54, 1.807) is 0 Å². The van der Waals surface area contributed by atoms with Gasteiger partial charge in [-0.3, -0.25) is 9.11 Å². The summed E-state index contributed by atoms with van der Waals surface area (Å²) >= 11 is 0. The van der Waals surface area contributed by atoms with Gasteiger partial charge < -0.3 is 24.5 Å². The van der Waals surface area contributed by atoms with Crippen LogP contribution in [0.1, 0.15) is 20.7 Å². The molecule has 0 aromatic heterocycles. The Balaban J connectivity index is 0.00000392. The Kier molecular flexibility index (Phi) is 9.99. The third-order valence-electron chi connectivity index (χ3n) is 3.14. The van der Waals surface area contributed by atoms with Gasteiger partial charge in [-0.2, -0.15) is 16.8 Å². The fraction of sp³-hybridized carbons (Fsp3) is 0. The van der Waals surface area contributed by atoms with Crippen LogP contribution < -0.4 is 74.1 Å². The molecule has 2 aromatic rings. The van der Waals surface area contributed by atoms with Crippen molar-refractivity contribution >= 4 is 32.2 Å². The van der Waals surface area contributed by atoms with Crippen molar-refractivity contribution in [3.63, 3.8) is 0 Å². The Morgan fingerprint density at radius 3 is 1.28 bits per heavy atom. The van der Waals surface area contributed by atoms with Gasteiger partial charge in [0.2, 0.25) is 0 Å². The molecule has 0 aliphatic heterocycles. The number of carboxylic acids is 2. The van der Waals surface area contributed by atoms with E-state index >= 15 is 0 Å². The summed E-state index contributed by atoms with van der Waals surface area (Å²) < 4.78 is 68.5. The zero-order chi connectivity index (χ0) is 20.6. The molecule has 0 saturated carbocycles.